The van der Waals surface area contributed by atoms with Crippen LogP contribution < -0.4 is 10.6 Å². The first-order valence-corrected chi connectivity index (χ1v) is 12.8. The molecule has 0 saturated heterocycles. The molecule has 2 fully saturated rings. The molecule has 3 aromatic carbocycles. The number of aryl methyl sites for hydroxylation is 1. The van der Waals surface area contributed by atoms with E-state index in [1.165, 1.54) is 12.8 Å². The van der Waals surface area contributed by atoms with Crippen LogP contribution in [-0.4, -0.2) is 23.3 Å². The lowest BCUT2D eigenvalue weighted by atomic mass is 9.98. The maximum absolute atomic E-state index is 13.4. The van der Waals surface area contributed by atoms with Gasteiger partial charge in [-0.15, -0.1) is 0 Å². The van der Waals surface area contributed by atoms with Crippen molar-refractivity contribution in [3.63, 3.8) is 0 Å². The van der Waals surface area contributed by atoms with Crippen molar-refractivity contribution >= 4 is 28.4 Å². The monoisotopic (exact) mass is 475 g/mol. The van der Waals surface area contributed by atoms with Gasteiger partial charge in [-0.3, -0.25) is 14.6 Å². The number of nitrogens with one attached hydrogen (secondary N) is 2. The summed E-state index contributed by atoms with van der Waals surface area (Å²) >= 11 is 0. The zero-order chi connectivity index (χ0) is 24.6. The SMILES string of the molecule is Cc1ccc(NC(=O)c2cc(C3CC3)nc3ccccc23)cc1-c1ccc(C(=O)NCC2CC2)cc1. The third-order valence-corrected chi connectivity index (χ3v) is 7.18. The van der Waals surface area contributed by atoms with Crippen LogP contribution in [0.25, 0.3) is 22.0 Å². The van der Waals surface area contributed by atoms with Crippen LogP contribution in [0.4, 0.5) is 5.69 Å². The zero-order valence-corrected chi connectivity index (χ0v) is 20.4. The summed E-state index contributed by atoms with van der Waals surface area (Å²) in [6, 6.07) is 23.4. The second-order valence-electron chi connectivity index (χ2n) is 10.1. The number of hydrogen-bond acceptors (Lipinski definition) is 3. The number of carbonyl (C=O) groups is 2. The molecule has 0 atom stereocenters. The average molecular weight is 476 g/mol. The van der Waals surface area contributed by atoms with E-state index in [-0.39, 0.29) is 11.8 Å². The minimum absolute atomic E-state index is 0.0265. The van der Waals surface area contributed by atoms with Gasteiger partial charge in [-0.2, -0.15) is 0 Å². The smallest absolute Gasteiger partial charge is 0.256 e. The maximum atomic E-state index is 13.4. The van der Waals surface area contributed by atoms with Gasteiger partial charge < -0.3 is 10.6 Å². The highest BCUT2D eigenvalue weighted by atomic mass is 16.2. The maximum Gasteiger partial charge on any atom is 0.256 e. The minimum atomic E-state index is -0.131. The van der Waals surface area contributed by atoms with Crippen LogP contribution in [-0.2, 0) is 0 Å². The summed E-state index contributed by atoms with van der Waals surface area (Å²) in [4.78, 5) is 30.6. The number of fused-ring (bicyclic) bond motifs is 1. The highest BCUT2D eigenvalue weighted by Crippen LogP contribution is 2.40. The normalized spacial score (nSPS) is 15.0. The van der Waals surface area contributed by atoms with E-state index < -0.39 is 0 Å². The Morgan fingerprint density at radius 1 is 0.889 bits per heavy atom. The fraction of sp³-hybridized carbons (Fsp3) is 0.258. The van der Waals surface area contributed by atoms with Gasteiger partial charge >= 0.3 is 0 Å². The lowest BCUT2D eigenvalue weighted by Crippen LogP contribution is -2.25. The number of amides is 2. The van der Waals surface area contributed by atoms with E-state index in [2.05, 4.69) is 17.6 Å². The largest absolute Gasteiger partial charge is 0.352 e. The molecule has 0 unspecified atom stereocenters. The van der Waals surface area contributed by atoms with Crippen LogP contribution in [0.5, 0.6) is 0 Å². The van der Waals surface area contributed by atoms with Gasteiger partial charge in [0.2, 0.25) is 0 Å². The number of pyridine rings is 1. The number of nitrogens with zero attached hydrogens (tertiary/aromatic N) is 1. The zero-order valence-electron chi connectivity index (χ0n) is 20.4. The number of para-hydroxylation sites is 1. The number of hydrogen-bond donors (Lipinski definition) is 2. The van der Waals surface area contributed by atoms with Crippen molar-refractivity contribution in [1.82, 2.24) is 10.3 Å². The van der Waals surface area contributed by atoms with E-state index in [1.807, 2.05) is 72.8 Å². The molecule has 2 aliphatic rings. The molecule has 2 saturated carbocycles. The van der Waals surface area contributed by atoms with E-state index in [0.717, 1.165) is 58.4 Å². The molecular weight excluding hydrogens is 446 g/mol. The van der Waals surface area contributed by atoms with Crippen molar-refractivity contribution < 1.29 is 9.59 Å². The van der Waals surface area contributed by atoms with Gasteiger partial charge in [0.15, 0.2) is 0 Å². The summed E-state index contributed by atoms with van der Waals surface area (Å²) in [5, 5.41) is 6.98. The molecule has 2 amide bonds. The van der Waals surface area contributed by atoms with Crippen LogP contribution in [0.1, 0.15) is 63.6 Å². The molecule has 180 valence electrons. The van der Waals surface area contributed by atoms with Gasteiger partial charge in [-0.25, -0.2) is 0 Å². The Labute approximate surface area is 211 Å². The summed E-state index contributed by atoms with van der Waals surface area (Å²) in [6.45, 7) is 2.81. The molecule has 0 aliphatic heterocycles. The second kappa shape index (κ2) is 9.23. The first kappa shape index (κ1) is 22.5. The van der Waals surface area contributed by atoms with Gasteiger partial charge in [0, 0.05) is 34.8 Å². The van der Waals surface area contributed by atoms with E-state index >= 15 is 0 Å². The Hall–Kier alpha value is -3.99. The van der Waals surface area contributed by atoms with Gasteiger partial charge in [0.05, 0.1) is 11.1 Å². The molecule has 2 aliphatic carbocycles. The molecule has 1 aromatic heterocycles. The highest BCUT2D eigenvalue weighted by molar-refractivity contribution is 6.12. The Bertz CT molecular complexity index is 1470. The molecule has 0 spiro atoms. The first-order valence-electron chi connectivity index (χ1n) is 12.8. The average Bonchev–Trinajstić information content (AvgIpc) is 3.82. The van der Waals surface area contributed by atoms with E-state index in [4.69, 9.17) is 4.98 Å². The summed E-state index contributed by atoms with van der Waals surface area (Å²) in [5.41, 5.74) is 7.06. The number of carbonyl (C=O) groups excluding carboxylic acids is 2. The van der Waals surface area contributed by atoms with Crippen molar-refractivity contribution in [2.24, 2.45) is 5.92 Å². The lowest BCUT2D eigenvalue weighted by molar-refractivity contribution is 0.0951. The number of rotatable bonds is 7. The molecule has 1 heterocycles. The van der Waals surface area contributed by atoms with E-state index in [0.29, 0.717) is 23.0 Å². The fourth-order valence-corrected chi connectivity index (χ4v) is 4.64. The van der Waals surface area contributed by atoms with Crippen molar-refractivity contribution in [2.75, 3.05) is 11.9 Å². The van der Waals surface area contributed by atoms with Crippen LogP contribution >= 0.6 is 0 Å². The van der Waals surface area contributed by atoms with Gasteiger partial charge in [-0.1, -0.05) is 36.4 Å². The standard InChI is InChI=1S/C31H29N3O2/c1-19-6-15-24(16-26(19)21-9-13-23(14-10-21)30(35)32-18-20-7-8-20)33-31(36)27-17-29(22-11-12-22)34-28-5-3-2-4-25(27)28/h2-6,9-10,13-17,20,22H,7-8,11-12,18H2,1H3,(H,32,35)(H,33,36). The molecule has 36 heavy (non-hydrogen) atoms. The summed E-state index contributed by atoms with van der Waals surface area (Å²) in [5.74, 6) is 0.958. The molecule has 6 rings (SSSR count). The van der Waals surface area contributed by atoms with E-state index in [9.17, 15) is 9.59 Å². The van der Waals surface area contributed by atoms with E-state index in [1.54, 1.807) is 0 Å². The quantitative estimate of drug-likeness (QED) is 0.321. The van der Waals surface area contributed by atoms with Crippen LogP contribution in [0, 0.1) is 12.8 Å². The van der Waals surface area contributed by atoms with Gasteiger partial charge in [0.1, 0.15) is 0 Å². The molecule has 0 bridgehead atoms. The summed E-state index contributed by atoms with van der Waals surface area (Å²) in [6.07, 6.45) is 4.69. The Morgan fingerprint density at radius 2 is 1.67 bits per heavy atom. The fourth-order valence-electron chi connectivity index (χ4n) is 4.64. The van der Waals surface area contributed by atoms with Crippen molar-refractivity contribution in [1.29, 1.82) is 0 Å². The molecule has 2 N–H and O–H groups in total. The Morgan fingerprint density at radius 3 is 2.42 bits per heavy atom. The third-order valence-electron chi connectivity index (χ3n) is 7.18. The molecule has 5 nitrogen and oxygen atoms in total. The summed E-state index contributed by atoms with van der Waals surface area (Å²) in [7, 11) is 0. The summed E-state index contributed by atoms with van der Waals surface area (Å²) < 4.78 is 0. The minimum Gasteiger partial charge on any atom is -0.352 e. The van der Waals surface area contributed by atoms with Crippen LogP contribution in [0.15, 0.2) is 72.8 Å². The second-order valence-corrected chi connectivity index (χ2v) is 10.1. The van der Waals surface area contributed by atoms with Crippen molar-refractivity contribution in [2.45, 2.75) is 38.5 Å². The molecule has 4 aromatic rings. The molecule has 0 radical (unpaired) electrons. The van der Waals surface area contributed by atoms with Gasteiger partial charge in [-0.05, 0) is 91.6 Å². The topological polar surface area (TPSA) is 71.1 Å². The Balaban J connectivity index is 1.24. The predicted octanol–water partition coefficient (Wildman–Crippen LogP) is 6.48. The van der Waals surface area contributed by atoms with Crippen molar-refractivity contribution in [3.8, 4) is 11.1 Å². The third kappa shape index (κ3) is 4.74. The van der Waals surface area contributed by atoms with Crippen molar-refractivity contribution in [3.05, 3.63) is 95.2 Å². The van der Waals surface area contributed by atoms with Crippen LogP contribution in [0.2, 0.25) is 0 Å². The number of aromatic nitrogens is 1. The first-order chi connectivity index (χ1) is 17.5. The Kier molecular flexibility index (Phi) is 5.76. The van der Waals surface area contributed by atoms with Gasteiger partial charge in [0.25, 0.3) is 11.8 Å². The molecule has 5 heteroatoms. The predicted molar refractivity (Wildman–Crippen MR) is 143 cm³/mol. The number of anilines is 1. The lowest BCUT2D eigenvalue weighted by Gasteiger charge is -2.13. The van der Waals surface area contributed by atoms with Crippen LogP contribution in [0.3, 0.4) is 0 Å². The molecular formula is C31H29N3O2. The highest BCUT2D eigenvalue weighted by Gasteiger charge is 2.27. The number of benzene rings is 3.